The second-order valence-corrected chi connectivity index (χ2v) is 6.11. The van der Waals surface area contributed by atoms with E-state index in [9.17, 15) is 5.26 Å². The van der Waals surface area contributed by atoms with E-state index in [-0.39, 0.29) is 0 Å². The van der Waals surface area contributed by atoms with E-state index < -0.39 is 0 Å². The highest BCUT2D eigenvalue weighted by atomic mass is 16.5. The fraction of sp³-hybridized carbons (Fsp3) is 0.647. The predicted molar refractivity (Wildman–Crippen MR) is 92.5 cm³/mol. The predicted octanol–water partition coefficient (Wildman–Crippen LogP) is 0.842. The van der Waals surface area contributed by atoms with E-state index in [2.05, 4.69) is 21.2 Å². The number of nitrogens with zero attached hydrogens (tertiary/aromatic N) is 4. The van der Waals surface area contributed by atoms with Crippen molar-refractivity contribution in [3.05, 3.63) is 17.2 Å². The van der Waals surface area contributed by atoms with Crippen molar-refractivity contribution >= 4 is 11.6 Å². The number of nitriles is 1. The second kappa shape index (κ2) is 8.29. The third kappa shape index (κ3) is 4.15. The molecule has 3 heterocycles. The van der Waals surface area contributed by atoms with E-state index >= 15 is 0 Å². The van der Waals surface area contributed by atoms with Gasteiger partial charge in [0.1, 0.15) is 17.7 Å². The van der Waals surface area contributed by atoms with E-state index in [0.29, 0.717) is 11.4 Å². The Kier molecular flexibility index (Phi) is 5.86. The van der Waals surface area contributed by atoms with Crippen LogP contribution in [0, 0.1) is 18.3 Å². The van der Waals surface area contributed by atoms with E-state index in [1.807, 2.05) is 13.0 Å². The maximum Gasteiger partial charge on any atom is 0.146 e. The number of hydrogen-bond donors (Lipinski definition) is 1. The van der Waals surface area contributed by atoms with Crippen LogP contribution < -0.4 is 10.2 Å². The van der Waals surface area contributed by atoms with E-state index in [4.69, 9.17) is 14.5 Å². The van der Waals surface area contributed by atoms with Crippen molar-refractivity contribution in [1.29, 1.82) is 5.26 Å². The number of morpholine rings is 2. The fourth-order valence-corrected chi connectivity index (χ4v) is 3.04. The number of anilines is 2. The first kappa shape index (κ1) is 17.0. The lowest BCUT2D eigenvalue weighted by molar-refractivity contribution is 0.0398. The Balaban J connectivity index is 1.67. The highest BCUT2D eigenvalue weighted by Gasteiger charge is 2.17. The molecule has 0 spiro atoms. The van der Waals surface area contributed by atoms with Crippen LogP contribution in [0.25, 0.3) is 0 Å². The summed E-state index contributed by atoms with van der Waals surface area (Å²) < 4.78 is 10.8. The van der Waals surface area contributed by atoms with Crippen LogP contribution in [0.15, 0.2) is 6.07 Å². The number of hydrogen-bond acceptors (Lipinski definition) is 7. The van der Waals surface area contributed by atoms with Gasteiger partial charge < -0.3 is 19.7 Å². The molecule has 0 radical (unpaired) electrons. The first-order chi connectivity index (χ1) is 11.8. The van der Waals surface area contributed by atoms with Gasteiger partial charge in [0.25, 0.3) is 0 Å². The van der Waals surface area contributed by atoms with Crippen LogP contribution in [0.4, 0.5) is 11.6 Å². The number of rotatable bonds is 5. The van der Waals surface area contributed by atoms with Gasteiger partial charge in [-0.1, -0.05) is 0 Å². The van der Waals surface area contributed by atoms with Crippen LogP contribution in [0.1, 0.15) is 11.1 Å². The van der Waals surface area contributed by atoms with Crippen molar-refractivity contribution in [2.24, 2.45) is 0 Å². The van der Waals surface area contributed by atoms with Gasteiger partial charge in [0.05, 0.1) is 32.0 Å². The maximum atomic E-state index is 9.46. The molecule has 2 aliphatic rings. The lowest BCUT2D eigenvalue weighted by atomic mass is 10.1. The normalized spacial score (nSPS) is 19.1. The highest BCUT2D eigenvalue weighted by Crippen LogP contribution is 2.23. The second-order valence-electron chi connectivity index (χ2n) is 6.11. The molecular formula is C17H25N5O2. The molecular weight excluding hydrogens is 306 g/mol. The van der Waals surface area contributed by atoms with Crippen molar-refractivity contribution in [2.45, 2.75) is 6.92 Å². The molecule has 0 bridgehead atoms. The molecule has 7 heteroatoms. The van der Waals surface area contributed by atoms with Gasteiger partial charge in [-0.15, -0.1) is 0 Å². The van der Waals surface area contributed by atoms with Crippen LogP contribution in [0.2, 0.25) is 0 Å². The van der Waals surface area contributed by atoms with Crippen LogP contribution >= 0.6 is 0 Å². The van der Waals surface area contributed by atoms with Gasteiger partial charge in [0.2, 0.25) is 0 Å². The van der Waals surface area contributed by atoms with Gasteiger partial charge in [0, 0.05) is 39.3 Å². The third-order valence-electron chi connectivity index (χ3n) is 4.47. The Morgan fingerprint density at radius 3 is 2.50 bits per heavy atom. The fourth-order valence-electron chi connectivity index (χ4n) is 3.04. The number of aromatic nitrogens is 1. The highest BCUT2D eigenvalue weighted by molar-refractivity contribution is 5.61. The number of nitrogens with one attached hydrogen (secondary N) is 1. The standard InChI is InChI=1S/C17H25N5O2/c1-14-12-16(22-6-10-24-11-7-22)20-17(15(14)13-18)19-2-3-21-4-8-23-9-5-21/h12H,2-11H2,1H3,(H,19,20). The Morgan fingerprint density at radius 2 is 1.83 bits per heavy atom. The number of ether oxygens (including phenoxy) is 2. The van der Waals surface area contributed by atoms with Crippen molar-refractivity contribution in [1.82, 2.24) is 9.88 Å². The van der Waals surface area contributed by atoms with Gasteiger partial charge in [-0.05, 0) is 18.6 Å². The number of pyridine rings is 1. The van der Waals surface area contributed by atoms with Crippen molar-refractivity contribution in [2.75, 3.05) is 75.9 Å². The Morgan fingerprint density at radius 1 is 1.17 bits per heavy atom. The minimum Gasteiger partial charge on any atom is -0.379 e. The van der Waals surface area contributed by atoms with Crippen LogP contribution in [-0.4, -0.2) is 75.6 Å². The van der Waals surface area contributed by atoms with Crippen molar-refractivity contribution in [3.63, 3.8) is 0 Å². The maximum absolute atomic E-state index is 9.46. The molecule has 0 unspecified atom stereocenters. The van der Waals surface area contributed by atoms with E-state index in [1.165, 1.54) is 0 Å². The minimum absolute atomic E-state index is 0.633. The molecule has 1 aromatic heterocycles. The summed E-state index contributed by atoms with van der Waals surface area (Å²) >= 11 is 0. The lowest BCUT2D eigenvalue weighted by Crippen LogP contribution is -2.39. The molecule has 0 aromatic carbocycles. The Labute approximate surface area is 143 Å². The molecule has 0 aliphatic carbocycles. The van der Waals surface area contributed by atoms with Crippen LogP contribution in [0.3, 0.4) is 0 Å². The topological polar surface area (TPSA) is 73.7 Å². The molecule has 2 aliphatic heterocycles. The van der Waals surface area contributed by atoms with Gasteiger partial charge in [-0.25, -0.2) is 4.98 Å². The van der Waals surface area contributed by atoms with Gasteiger partial charge in [-0.2, -0.15) is 5.26 Å². The van der Waals surface area contributed by atoms with Crippen LogP contribution in [0.5, 0.6) is 0 Å². The average molecular weight is 331 g/mol. The minimum atomic E-state index is 0.633. The summed E-state index contributed by atoms with van der Waals surface area (Å²) in [5.74, 6) is 1.61. The SMILES string of the molecule is Cc1cc(N2CCOCC2)nc(NCCN2CCOCC2)c1C#N. The molecule has 1 N–H and O–H groups in total. The quantitative estimate of drug-likeness (QED) is 0.857. The summed E-state index contributed by atoms with van der Waals surface area (Å²) in [6.07, 6.45) is 0. The molecule has 24 heavy (non-hydrogen) atoms. The summed E-state index contributed by atoms with van der Waals surface area (Å²) in [6, 6.07) is 4.28. The molecule has 130 valence electrons. The zero-order chi connectivity index (χ0) is 16.8. The monoisotopic (exact) mass is 331 g/mol. The summed E-state index contributed by atoms with van der Waals surface area (Å²) in [5, 5.41) is 12.8. The van der Waals surface area contributed by atoms with Gasteiger partial charge in [-0.3, -0.25) is 4.90 Å². The van der Waals surface area contributed by atoms with Crippen LogP contribution in [-0.2, 0) is 9.47 Å². The largest absolute Gasteiger partial charge is 0.379 e. The van der Waals surface area contributed by atoms with Gasteiger partial charge in [0.15, 0.2) is 0 Å². The molecule has 0 atom stereocenters. The van der Waals surface area contributed by atoms with Crippen molar-refractivity contribution in [3.8, 4) is 6.07 Å². The van der Waals surface area contributed by atoms with E-state index in [0.717, 1.165) is 77.1 Å². The molecule has 7 nitrogen and oxygen atoms in total. The lowest BCUT2D eigenvalue weighted by Gasteiger charge is -2.29. The van der Waals surface area contributed by atoms with Gasteiger partial charge >= 0.3 is 0 Å². The first-order valence-corrected chi connectivity index (χ1v) is 8.56. The average Bonchev–Trinajstić information content (AvgIpc) is 2.63. The molecule has 3 rings (SSSR count). The zero-order valence-corrected chi connectivity index (χ0v) is 14.3. The number of aryl methyl sites for hydroxylation is 1. The molecule has 2 saturated heterocycles. The molecule has 0 amide bonds. The van der Waals surface area contributed by atoms with Crippen molar-refractivity contribution < 1.29 is 9.47 Å². The zero-order valence-electron chi connectivity index (χ0n) is 14.3. The Hall–Kier alpha value is -1.88. The molecule has 0 saturated carbocycles. The summed E-state index contributed by atoms with van der Waals surface area (Å²) in [4.78, 5) is 9.28. The smallest absolute Gasteiger partial charge is 0.146 e. The summed E-state index contributed by atoms with van der Waals surface area (Å²) in [7, 11) is 0. The molecule has 2 fully saturated rings. The Bertz CT molecular complexity index is 589. The summed E-state index contributed by atoms with van der Waals surface area (Å²) in [6.45, 7) is 10.3. The molecule has 1 aromatic rings. The third-order valence-corrected chi connectivity index (χ3v) is 4.47. The first-order valence-electron chi connectivity index (χ1n) is 8.56. The van der Waals surface area contributed by atoms with E-state index in [1.54, 1.807) is 0 Å². The summed E-state index contributed by atoms with van der Waals surface area (Å²) in [5.41, 5.74) is 1.59.